The van der Waals surface area contributed by atoms with Crippen molar-refractivity contribution >= 4 is 34.7 Å². The summed E-state index contributed by atoms with van der Waals surface area (Å²) in [4.78, 5) is 14.6. The minimum Gasteiger partial charge on any atom is -0.493 e. The van der Waals surface area contributed by atoms with Crippen LogP contribution in [0.3, 0.4) is 0 Å². The molecule has 2 aromatic heterocycles. The Balaban J connectivity index is 1.86. The van der Waals surface area contributed by atoms with Gasteiger partial charge in [-0.15, -0.1) is 11.3 Å². The van der Waals surface area contributed by atoms with Crippen LogP contribution in [0.2, 0.25) is 0 Å². The first-order chi connectivity index (χ1) is 15.2. The summed E-state index contributed by atoms with van der Waals surface area (Å²) < 4.78 is 11.2. The summed E-state index contributed by atoms with van der Waals surface area (Å²) in [6, 6.07) is 7.25. The molecule has 32 heavy (non-hydrogen) atoms. The van der Waals surface area contributed by atoms with E-state index in [2.05, 4.69) is 16.9 Å². The molecule has 10 heteroatoms. The first-order valence-electron chi connectivity index (χ1n) is 10.2. The van der Waals surface area contributed by atoms with E-state index < -0.39 is 5.60 Å². The number of anilines is 2. The fourth-order valence-corrected chi connectivity index (χ4v) is 4.99. The number of methoxy groups -OCH3 is 1. The van der Waals surface area contributed by atoms with Gasteiger partial charge < -0.3 is 26.0 Å². The molecule has 0 saturated heterocycles. The summed E-state index contributed by atoms with van der Waals surface area (Å²) in [5.41, 5.74) is 12.5. The monoisotopic (exact) mass is 475 g/mol. The fourth-order valence-electron chi connectivity index (χ4n) is 2.88. The number of nitrogen functional groups attached to an aromatic ring is 2. The first-order valence-corrected chi connectivity index (χ1v) is 12.0. The molecule has 1 aromatic carbocycles. The summed E-state index contributed by atoms with van der Waals surface area (Å²) in [6.45, 7) is 5.69. The average molecular weight is 476 g/mol. The van der Waals surface area contributed by atoms with Gasteiger partial charge in [0.05, 0.1) is 18.4 Å². The van der Waals surface area contributed by atoms with Crippen molar-refractivity contribution in [3.05, 3.63) is 34.8 Å². The number of hydrogen-bond acceptors (Lipinski definition) is 10. The summed E-state index contributed by atoms with van der Waals surface area (Å²) in [5.74, 6) is 2.50. The maximum Gasteiger partial charge on any atom is 0.191 e. The molecule has 172 valence electrons. The molecular weight excluding hydrogens is 446 g/mol. The number of hydrogen-bond donors (Lipinski definition) is 3. The van der Waals surface area contributed by atoms with Gasteiger partial charge in [-0.25, -0.2) is 15.0 Å². The van der Waals surface area contributed by atoms with Crippen LogP contribution in [-0.2, 0) is 12.2 Å². The number of ether oxygens (including phenoxy) is 2. The van der Waals surface area contributed by atoms with Crippen LogP contribution in [0.1, 0.15) is 37.8 Å². The van der Waals surface area contributed by atoms with E-state index in [9.17, 15) is 5.11 Å². The normalized spacial score (nSPS) is 11.5. The van der Waals surface area contributed by atoms with Crippen LogP contribution in [0.4, 0.5) is 11.6 Å². The molecule has 0 bridgehead atoms. The van der Waals surface area contributed by atoms with E-state index in [4.69, 9.17) is 25.9 Å². The van der Waals surface area contributed by atoms with Gasteiger partial charge in [0.15, 0.2) is 16.7 Å². The van der Waals surface area contributed by atoms with Gasteiger partial charge in [-0.05, 0) is 38.5 Å². The number of nitrogens with zero attached hydrogens (tertiary/aromatic N) is 3. The van der Waals surface area contributed by atoms with Gasteiger partial charge in [-0.3, -0.25) is 0 Å². The van der Waals surface area contributed by atoms with Crippen LogP contribution in [0.5, 0.6) is 11.5 Å². The average Bonchev–Trinajstić information content (AvgIpc) is 3.12. The van der Waals surface area contributed by atoms with Gasteiger partial charge in [0.2, 0.25) is 0 Å². The van der Waals surface area contributed by atoms with Crippen LogP contribution in [0, 0.1) is 0 Å². The predicted molar refractivity (Wildman–Crippen MR) is 130 cm³/mol. The number of rotatable bonds is 10. The minimum absolute atomic E-state index is 0.150. The molecule has 8 nitrogen and oxygen atoms in total. The molecule has 0 fully saturated rings. The SMILES string of the molecule is CCCc1sc(-c2ccc(OC)c(OCC(C)(C)O)c2)nc1CSc1nc(N)cc(N)n1. The summed E-state index contributed by atoms with van der Waals surface area (Å²) in [7, 11) is 1.59. The Kier molecular flexibility index (Phi) is 7.81. The fraction of sp³-hybridized carbons (Fsp3) is 0.409. The molecule has 3 rings (SSSR count). The second-order valence-corrected chi connectivity index (χ2v) is 9.92. The Labute approximate surface area is 196 Å². The Bertz CT molecular complexity index is 1050. The zero-order valence-corrected chi connectivity index (χ0v) is 20.3. The Morgan fingerprint density at radius 2 is 1.81 bits per heavy atom. The molecule has 0 unspecified atom stereocenters. The third-order valence-corrected chi connectivity index (χ3v) is 6.40. The van der Waals surface area contributed by atoms with Crippen molar-refractivity contribution < 1.29 is 14.6 Å². The Morgan fingerprint density at radius 3 is 2.44 bits per heavy atom. The van der Waals surface area contributed by atoms with Gasteiger partial charge in [0, 0.05) is 22.3 Å². The third-order valence-electron chi connectivity index (χ3n) is 4.33. The molecule has 0 aliphatic carbocycles. The molecular formula is C22H29N5O3S2. The Hall–Kier alpha value is -2.56. The van der Waals surface area contributed by atoms with Crippen LogP contribution in [0.25, 0.3) is 10.6 Å². The van der Waals surface area contributed by atoms with Crippen molar-refractivity contribution in [2.75, 3.05) is 25.2 Å². The van der Waals surface area contributed by atoms with Crippen molar-refractivity contribution in [3.63, 3.8) is 0 Å². The molecule has 0 radical (unpaired) electrons. The van der Waals surface area contributed by atoms with Crippen molar-refractivity contribution in [3.8, 4) is 22.1 Å². The molecule has 3 aromatic rings. The second kappa shape index (κ2) is 10.4. The minimum atomic E-state index is -0.951. The highest BCUT2D eigenvalue weighted by molar-refractivity contribution is 7.98. The van der Waals surface area contributed by atoms with E-state index in [1.807, 2.05) is 18.2 Å². The number of aromatic nitrogens is 3. The van der Waals surface area contributed by atoms with Crippen molar-refractivity contribution in [2.24, 2.45) is 0 Å². The standard InChI is InChI=1S/C22H29N5O3S2/c1-5-6-17-14(11-31-21-26-18(23)10-19(24)27-21)25-20(32-17)13-7-8-15(29-4)16(9-13)30-12-22(2,3)28/h7-10,28H,5-6,11-12H2,1-4H3,(H4,23,24,26,27). The zero-order valence-electron chi connectivity index (χ0n) is 18.7. The van der Waals surface area contributed by atoms with Gasteiger partial charge >= 0.3 is 0 Å². The van der Waals surface area contributed by atoms with E-state index >= 15 is 0 Å². The van der Waals surface area contributed by atoms with Crippen molar-refractivity contribution in [1.29, 1.82) is 0 Å². The van der Waals surface area contributed by atoms with Crippen molar-refractivity contribution in [2.45, 2.75) is 50.1 Å². The lowest BCUT2D eigenvalue weighted by Gasteiger charge is -2.19. The first kappa shape index (κ1) is 24.1. The van der Waals surface area contributed by atoms with E-state index in [1.54, 1.807) is 32.3 Å². The highest BCUT2D eigenvalue weighted by Crippen LogP contribution is 2.37. The van der Waals surface area contributed by atoms with E-state index in [0.29, 0.717) is 34.0 Å². The molecule has 0 atom stereocenters. The summed E-state index contributed by atoms with van der Waals surface area (Å²) >= 11 is 3.12. The van der Waals surface area contributed by atoms with Gasteiger partial charge in [0.25, 0.3) is 0 Å². The second-order valence-electron chi connectivity index (χ2n) is 7.89. The zero-order chi connectivity index (χ0) is 23.3. The lowest BCUT2D eigenvalue weighted by atomic mass is 10.1. The molecule has 5 N–H and O–H groups in total. The van der Waals surface area contributed by atoms with Crippen LogP contribution in [0.15, 0.2) is 29.4 Å². The maximum absolute atomic E-state index is 10.0. The third kappa shape index (κ3) is 6.47. The topological polar surface area (TPSA) is 129 Å². The van der Waals surface area contributed by atoms with Crippen molar-refractivity contribution in [1.82, 2.24) is 15.0 Å². The Morgan fingerprint density at radius 1 is 1.09 bits per heavy atom. The molecule has 0 amide bonds. The lowest BCUT2D eigenvalue weighted by molar-refractivity contribution is 0.0276. The van der Waals surface area contributed by atoms with E-state index in [1.165, 1.54) is 22.7 Å². The number of thiazole rings is 1. The lowest BCUT2D eigenvalue weighted by Crippen LogP contribution is -2.27. The van der Waals surface area contributed by atoms with E-state index in [-0.39, 0.29) is 6.61 Å². The highest BCUT2D eigenvalue weighted by Gasteiger charge is 2.18. The molecule has 0 spiro atoms. The van der Waals surface area contributed by atoms with E-state index in [0.717, 1.165) is 29.1 Å². The van der Waals surface area contributed by atoms with Gasteiger partial charge in [0.1, 0.15) is 23.3 Å². The predicted octanol–water partition coefficient (Wildman–Crippen LogP) is 4.17. The molecule has 0 saturated carbocycles. The van der Waals surface area contributed by atoms with Crippen LogP contribution < -0.4 is 20.9 Å². The number of nitrogens with two attached hydrogens (primary N) is 2. The summed E-state index contributed by atoms with van der Waals surface area (Å²) in [6.07, 6.45) is 1.95. The van der Waals surface area contributed by atoms with Gasteiger partial charge in [-0.1, -0.05) is 25.1 Å². The highest BCUT2D eigenvalue weighted by atomic mass is 32.2. The maximum atomic E-state index is 10.0. The quantitative estimate of drug-likeness (QED) is 0.292. The smallest absolute Gasteiger partial charge is 0.191 e. The number of thioether (sulfide) groups is 1. The molecule has 0 aliphatic heterocycles. The summed E-state index contributed by atoms with van der Waals surface area (Å²) in [5, 5.41) is 11.4. The number of aliphatic hydroxyl groups is 1. The number of benzene rings is 1. The van der Waals surface area contributed by atoms with Crippen LogP contribution in [-0.4, -0.2) is 39.4 Å². The van der Waals surface area contributed by atoms with Crippen LogP contribution >= 0.6 is 23.1 Å². The number of aryl methyl sites for hydroxylation is 1. The molecule has 2 heterocycles. The van der Waals surface area contributed by atoms with Gasteiger partial charge in [-0.2, -0.15) is 0 Å². The molecule has 0 aliphatic rings. The largest absolute Gasteiger partial charge is 0.493 e.